The Morgan fingerprint density at radius 2 is 1.67 bits per heavy atom. The van der Waals surface area contributed by atoms with Gasteiger partial charge in [0.15, 0.2) is 11.5 Å². The molecule has 3 fully saturated rings. The minimum atomic E-state index is 0.334. The third-order valence-electron chi connectivity index (χ3n) is 6.80. The van der Waals surface area contributed by atoms with E-state index >= 15 is 0 Å². The van der Waals surface area contributed by atoms with Gasteiger partial charge in [0.05, 0.1) is 0 Å². The van der Waals surface area contributed by atoms with Crippen molar-refractivity contribution in [3.63, 3.8) is 0 Å². The van der Waals surface area contributed by atoms with E-state index in [4.69, 9.17) is 9.47 Å². The summed E-state index contributed by atoms with van der Waals surface area (Å²) in [4.78, 5) is 2.56. The molecule has 0 amide bonds. The Kier molecular flexibility index (Phi) is 4.29. The van der Waals surface area contributed by atoms with Crippen molar-refractivity contribution in [2.24, 2.45) is 0 Å². The molecule has 30 heavy (non-hydrogen) atoms. The van der Waals surface area contributed by atoms with Crippen LogP contribution in [0.3, 0.4) is 0 Å². The molecule has 0 spiro atoms. The number of piperazine rings is 1. The van der Waals surface area contributed by atoms with Gasteiger partial charge in [-0.25, -0.2) is 0 Å². The molecular weight excluding hydrogens is 372 g/mol. The number of piperidine rings is 1. The molecule has 2 bridgehead atoms. The highest BCUT2D eigenvalue weighted by atomic mass is 16.7. The Labute approximate surface area is 177 Å². The normalized spacial score (nSPS) is 24.5. The van der Waals surface area contributed by atoms with E-state index in [1.54, 1.807) is 0 Å². The lowest BCUT2D eigenvalue weighted by atomic mass is 9.74. The van der Waals surface area contributed by atoms with E-state index in [-0.39, 0.29) is 0 Å². The first-order valence-electron chi connectivity index (χ1n) is 10.8. The van der Waals surface area contributed by atoms with Gasteiger partial charge in [0.2, 0.25) is 6.79 Å². The van der Waals surface area contributed by atoms with Crippen LogP contribution >= 0.6 is 0 Å². The van der Waals surface area contributed by atoms with E-state index in [2.05, 4.69) is 77.8 Å². The van der Waals surface area contributed by atoms with Gasteiger partial charge in [0, 0.05) is 37.6 Å². The van der Waals surface area contributed by atoms with E-state index < -0.39 is 0 Å². The molecule has 0 radical (unpaired) electrons. The zero-order chi connectivity index (χ0) is 20.1. The van der Waals surface area contributed by atoms with E-state index in [0.29, 0.717) is 24.8 Å². The summed E-state index contributed by atoms with van der Waals surface area (Å²) < 4.78 is 11.0. The predicted octanol–water partition coefficient (Wildman–Crippen LogP) is 4.33. The molecule has 0 aliphatic carbocycles. The van der Waals surface area contributed by atoms with Gasteiger partial charge in [-0.3, -0.25) is 4.90 Å². The van der Waals surface area contributed by atoms with Crippen LogP contribution in [0.5, 0.6) is 11.5 Å². The molecule has 7 rings (SSSR count). The first-order chi connectivity index (χ1) is 14.7. The molecule has 4 heterocycles. The van der Waals surface area contributed by atoms with Crippen LogP contribution in [0.2, 0.25) is 0 Å². The Balaban J connectivity index is 1.13. The first-order valence-corrected chi connectivity index (χ1v) is 10.8. The van der Waals surface area contributed by atoms with E-state index in [1.165, 1.54) is 27.8 Å². The van der Waals surface area contributed by atoms with Gasteiger partial charge < -0.3 is 14.8 Å². The van der Waals surface area contributed by atoms with Crippen molar-refractivity contribution in [2.75, 3.05) is 19.9 Å². The quantitative estimate of drug-likeness (QED) is 0.709. The second-order valence-electron chi connectivity index (χ2n) is 8.72. The van der Waals surface area contributed by atoms with Crippen molar-refractivity contribution in [2.45, 2.75) is 31.5 Å². The highest BCUT2D eigenvalue weighted by Gasteiger charge is 2.46. The average Bonchev–Trinajstić information content (AvgIpc) is 3.23. The van der Waals surface area contributed by atoms with Gasteiger partial charge in [-0.2, -0.15) is 0 Å². The average molecular weight is 399 g/mol. The lowest BCUT2D eigenvalue weighted by Crippen LogP contribution is -2.71. The highest BCUT2D eigenvalue weighted by molar-refractivity contribution is 5.67. The maximum Gasteiger partial charge on any atom is 0.231 e. The van der Waals surface area contributed by atoms with Crippen LogP contribution in [-0.4, -0.2) is 36.9 Å². The molecule has 4 nitrogen and oxygen atoms in total. The Bertz CT molecular complexity index is 1070. The number of aryl methyl sites for hydroxylation is 1. The van der Waals surface area contributed by atoms with Crippen LogP contribution in [0.25, 0.3) is 11.1 Å². The second kappa shape index (κ2) is 7.15. The SMILES string of the molecule is Cc1ccccc1-c1ccc(C2[C@@H]3CN(Cc4ccc5c(c4)OCO5)C[C@H]2N3)cc1. The largest absolute Gasteiger partial charge is 0.454 e. The summed E-state index contributed by atoms with van der Waals surface area (Å²) in [7, 11) is 0. The van der Waals surface area contributed by atoms with Gasteiger partial charge >= 0.3 is 0 Å². The van der Waals surface area contributed by atoms with Crippen LogP contribution in [0.15, 0.2) is 66.7 Å². The van der Waals surface area contributed by atoms with E-state index in [0.717, 1.165) is 31.1 Å². The van der Waals surface area contributed by atoms with E-state index in [1.807, 2.05) is 6.07 Å². The van der Waals surface area contributed by atoms with Crippen LogP contribution in [0, 0.1) is 6.92 Å². The lowest BCUT2D eigenvalue weighted by Gasteiger charge is -2.55. The number of rotatable bonds is 4. The third kappa shape index (κ3) is 3.08. The van der Waals surface area contributed by atoms with Gasteiger partial charge in [0.1, 0.15) is 0 Å². The smallest absolute Gasteiger partial charge is 0.231 e. The monoisotopic (exact) mass is 398 g/mol. The molecular formula is C26H26N2O2. The molecule has 0 aromatic heterocycles. The molecule has 1 unspecified atom stereocenters. The maximum atomic E-state index is 5.53. The summed E-state index contributed by atoms with van der Waals surface area (Å²) >= 11 is 0. The fraction of sp³-hybridized carbons (Fsp3) is 0.308. The first kappa shape index (κ1) is 18.0. The zero-order valence-electron chi connectivity index (χ0n) is 17.2. The van der Waals surface area contributed by atoms with Gasteiger partial charge in [-0.05, 0) is 46.9 Å². The lowest BCUT2D eigenvalue weighted by molar-refractivity contribution is 0.0470. The minimum Gasteiger partial charge on any atom is -0.454 e. The Hall–Kier alpha value is -2.82. The van der Waals surface area contributed by atoms with Crippen LogP contribution < -0.4 is 14.8 Å². The summed E-state index contributed by atoms with van der Waals surface area (Å²) in [6.07, 6.45) is 0. The number of nitrogens with zero attached hydrogens (tertiary/aromatic N) is 1. The van der Waals surface area contributed by atoms with Crippen LogP contribution in [0.1, 0.15) is 22.6 Å². The number of hydrogen-bond donors (Lipinski definition) is 1. The minimum absolute atomic E-state index is 0.334. The fourth-order valence-corrected chi connectivity index (χ4v) is 5.28. The predicted molar refractivity (Wildman–Crippen MR) is 118 cm³/mol. The van der Waals surface area contributed by atoms with Crippen molar-refractivity contribution in [3.05, 3.63) is 83.4 Å². The number of fused-ring (bicyclic) bond motifs is 3. The topological polar surface area (TPSA) is 33.7 Å². The zero-order valence-corrected chi connectivity index (χ0v) is 17.2. The summed E-state index contributed by atoms with van der Waals surface area (Å²) in [5, 5.41) is 3.75. The third-order valence-corrected chi connectivity index (χ3v) is 6.80. The number of ether oxygens (including phenoxy) is 2. The summed E-state index contributed by atoms with van der Waals surface area (Å²) in [5.74, 6) is 2.35. The number of benzene rings is 3. The van der Waals surface area contributed by atoms with Crippen molar-refractivity contribution in [1.82, 2.24) is 10.2 Å². The van der Waals surface area contributed by atoms with Gasteiger partial charge in [0.25, 0.3) is 0 Å². The summed E-state index contributed by atoms with van der Waals surface area (Å²) in [6, 6.07) is 25.2. The standard InChI is InChI=1S/C26H26N2O2/c1-17-4-2-3-5-21(17)19-7-9-20(10-8-19)26-22-14-28(15-23(26)27-22)13-18-6-11-24-25(12-18)30-16-29-24/h2-12,22-23,26-27H,13-16H2,1H3/t22-,23+,26?. The molecule has 4 heteroatoms. The Morgan fingerprint density at radius 3 is 2.47 bits per heavy atom. The summed E-state index contributed by atoms with van der Waals surface area (Å²) in [6.45, 7) is 5.63. The molecule has 3 aromatic rings. The van der Waals surface area contributed by atoms with Crippen molar-refractivity contribution < 1.29 is 9.47 Å². The van der Waals surface area contributed by atoms with Crippen molar-refractivity contribution >= 4 is 0 Å². The van der Waals surface area contributed by atoms with Crippen molar-refractivity contribution in [1.29, 1.82) is 0 Å². The molecule has 3 aromatic carbocycles. The van der Waals surface area contributed by atoms with E-state index in [9.17, 15) is 0 Å². The molecule has 4 aliphatic heterocycles. The Morgan fingerprint density at radius 1 is 0.900 bits per heavy atom. The molecule has 152 valence electrons. The highest BCUT2D eigenvalue weighted by Crippen LogP contribution is 2.39. The molecule has 4 aliphatic rings. The molecule has 3 saturated heterocycles. The fourth-order valence-electron chi connectivity index (χ4n) is 5.28. The van der Waals surface area contributed by atoms with Crippen LogP contribution in [-0.2, 0) is 6.54 Å². The second-order valence-corrected chi connectivity index (χ2v) is 8.72. The maximum absolute atomic E-state index is 5.53. The molecule has 3 atom stereocenters. The number of nitrogens with one attached hydrogen (secondary N) is 1. The molecule has 1 N–H and O–H groups in total. The molecule has 0 saturated carbocycles. The summed E-state index contributed by atoms with van der Waals surface area (Å²) in [5.41, 5.74) is 6.71. The van der Waals surface area contributed by atoms with Gasteiger partial charge in [-0.15, -0.1) is 0 Å². The van der Waals surface area contributed by atoms with Gasteiger partial charge in [-0.1, -0.05) is 54.6 Å². The van der Waals surface area contributed by atoms with Crippen molar-refractivity contribution in [3.8, 4) is 22.6 Å². The van der Waals surface area contributed by atoms with Crippen LogP contribution in [0.4, 0.5) is 0 Å². The number of hydrogen-bond acceptors (Lipinski definition) is 4.